The van der Waals surface area contributed by atoms with Gasteiger partial charge >= 0.3 is 0 Å². The molecule has 2 rings (SSSR count). The standard InChI is InChI=1S/C12H21N3S/c1-8(2)10-7-16-11(15-10)12(13)4-5-14-6-9(12)3/h7-9,14H,4-6,13H2,1-3H3. The second kappa shape index (κ2) is 4.43. The lowest BCUT2D eigenvalue weighted by Crippen LogP contribution is -2.52. The molecule has 2 unspecified atom stereocenters. The van der Waals surface area contributed by atoms with Crippen molar-refractivity contribution >= 4 is 11.3 Å². The minimum Gasteiger partial charge on any atom is -0.319 e. The van der Waals surface area contributed by atoms with Gasteiger partial charge in [-0.1, -0.05) is 20.8 Å². The van der Waals surface area contributed by atoms with Crippen molar-refractivity contribution < 1.29 is 0 Å². The predicted octanol–water partition coefficient (Wildman–Crippen LogP) is 2.05. The van der Waals surface area contributed by atoms with E-state index in [9.17, 15) is 0 Å². The van der Waals surface area contributed by atoms with Crippen molar-refractivity contribution in [2.24, 2.45) is 11.7 Å². The molecule has 3 nitrogen and oxygen atoms in total. The summed E-state index contributed by atoms with van der Waals surface area (Å²) in [5.41, 5.74) is 7.50. The molecular formula is C12H21N3S. The molecule has 1 aromatic heterocycles. The van der Waals surface area contributed by atoms with E-state index in [1.807, 2.05) is 0 Å². The lowest BCUT2D eigenvalue weighted by Gasteiger charge is -2.38. The van der Waals surface area contributed by atoms with Crippen LogP contribution in [0.15, 0.2) is 5.38 Å². The van der Waals surface area contributed by atoms with Gasteiger partial charge < -0.3 is 11.1 Å². The number of rotatable bonds is 2. The molecule has 1 aliphatic rings. The molecule has 2 heterocycles. The summed E-state index contributed by atoms with van der Waals surface area (Å²) in [6.07, 6.45) is 0.985. The Kier molecular flexibility index (Phi) is 3.33. The van der Waals surface area contributed by atoms with Gasteiger partial charge in [-0.2, -0.15) is 0 Å². The van der Waals surface area contributed by atoms with Crippen LogP contribution in [-0.2, 0) is 5.54 Å². The predicted molar refractivity (Wildman–Crippen MR) is 68.7 cm³/mol. The Morgan fingerprint density at radius 1 is 1.62 bits per heavy atom. The maximum atomic E-state index is 6.55. The summed E-state index contributed by atoms with van der Waals surface area (Å²) in [4.78, 5) is 4.72. The zero-order valence-corrected chi connectivity index (χ0v) is 11.1. The lowest BCUT2D eigenvalue weighted by molar-refractivity contribution is 0.222. The zero-order valence-electron chi connectivity index (χ0n) is 10.3. The van der Waals surface area contributed by atoms with E-state index in [4.69, 9.17) is 10.7 Å². The van der Waals surface area contributed by atoms with E-state index in [1.54, 1.807) is 11.3 Å². The van der Waals surface area contributed by atoms with Crippen molar-refractivity contribution in [1.82, 2.24) is 10.3 Å². The van der Waals surface area contributed by atoms with Crippen LogP contribution in [0.2, 0.25) is 0 Å². The second-order valence-electron chi connectivity index (χ2n) is 5.13. The smallest absolute Gasteiger partial charge is 0.113 e. The Morgan fingerprint density at radius 3 is 2.94 bits per heavy atom. The molecule has 1 fully saturated rings. The lowest BCUT2D eigenvalue weighted by atomic mass is 9.81. The van der Waals surface area contributed by atoms with Crippen molar-refractivity contribution in [2.45, 2.75) is 38.6 Å². The number of hydrogen-bond donors (Lipinski definition) is 2. The van der Waals surface area contributed by atoms with E-state index in [1.165, 1.54) is 5.69 Å². The molecule has 1 aromatic rings. The van der Waals surface area contributed by atoms with Crippen molar-refractivity contribution in [3.63, 3.8) is 0 Å². The molecule has 1 aliphatic heterocycles. The third kappa shape index (κ3) is 2.01. The molecule has 0 bridgehead atoms. The highest BCUT2D eigenvalue weighted by Crippen LogP contribution is 2.35. The molecule has 16 heavy (non-hydrogen) atoms. The first-order chi connectivity index (χ1) is 7.54. The average Bonchev–Trinajstić information content (AvgIpc) is 2.72. The number of piperidine rings is 1. The molecule has 3 N–H and O–H groups in total. The molecule has 0 aromatic carbocycles. The van der Waals surface area contributed by atoms with E-state index < -0.39 is 0 Å². The van der Waals surface area contributed by atoms with Gasteiger partial charge in [0.15, 0.2) is 0 Å². The van der Waals surface area contributed by atoms with E-state index in [0.717, 1.165) is 24.5 Å². The molecule has 4 heteroatoms. The van der Waals surface area contributed by atoms with Crippen LogP contribution in [0.3, 0.4) is 0 Å². The summed E-state index contributed by atoms with van der Waals surface area (Å²) in [6, 6.07) is 0. The van der Waals surface area contributed by atoms with Gasteiger partial charge in [-0.05, 0) is 31.3 Å². The summed E-state index contributed by atoms with van der Waals surface area (Å²) in [6.45, 7) is 8.55. The molecule has 90 valence electrons. The van der Waals surface area contributed by atoms with Crippen LogP contribution in [0.1, 0.15) is 43.8 Å². The minimum atomic E-state index is -0.219. The first kappa shape index (κ1) is 12.0. The van der Waals surface area contributed by atoms with Crippen molar-refractivity contribution in [1.29, 1.82) is 0 Å². The fourth-order valence-electron chi connectivity index (χ4n) is 2.13. The van der Waals surface area contributed by atoms with Crippen LogP contribution < -0.4 is 11.1 Å². The maximum absolute atomic E-state index is 6.55. The largest absolute Gasteiger partial charge is 0.319 e. The minimum absolute atomic E-state index is 0.219. The molecule has 0 spiro atoms. The van der Waals surface area contributed by atoms with Crippen molar-refractivity contribution in [3.8, 4) is 0 Å². The molecule has 0 aliphatic carbocycles. The Balaban J connectivity index is 2.27. The Bertz CT molecular complexity index is 361. The van der Waals surface area contributed by atoms with Crippen LogP contribution in [0, 0.1) is 5.92 Å². The number of aromatic nitrogens is 1. The quantitative estimate of drug-likeness (QED) is 0.830. The van der Waals surface area contributed by atoms with E-state index in [0.29, 0.717) is 11.8 Å². The molecule has 1 saturated heterocycles. The highest BCUT2D eigenvalue weighted by Gasteiger charge is 2.38. The first-order valence-corrected chi connectivity index (χ1v) is 6.87. The van der Waals surface area contributed by atoms with Crippen molar-refractivity contribution in [3.05, 3.63) is 16.1 Å². The van der Waals surface area contributed by atoms with Gasteiger partial charge in [0.25, 0.3) is 0 Å². The van der Waals surface area contributed by atoms with Gasteiger partial charge in [0.2, 0.25) is 0 Å². The van der Waals surface area contributed by atoms with Gasteiger partial charge in [-0.15, -0.1) is 11.3 Å². The molecule has 0 saturated carbocycles. The summed E-state index contributed by atoms with van der Waals surface area (Å²) in [7, 11) is 0. The third-order valence-corrected chi connectivity index (χ3v) is 4.61. The van der Waals surface area contributed by atoms with Gasteiger partial charge in [-0.3, -0.25) is 0 Å². The normalized spacial score (nSPS) is 30.9. The molecule has 0 amide bonds. The van der Waals surface area contributed by atoms with Crippen LogP contribution in [0.5, 0.6) is 0 Å². The summed E-state index contributed by atoms with van der Waals surface area (Å²) >= 11 is 1.72. The van der Waals surface area contributed by atoms with E-state index >= 15 is 0 Å². The molecule has 0 radical (unpaired) electrons. The first-order valence-electron chi connectivity index (χ1n) is 5.99. The number of nitrogens with two attached hydrogens (primary N) is 1. The number of nitrogens with zero attached hydrogens (tertiary/aromatic N) is 1. The van der Waals surface area contributed by atoms with Gasteiger partial charge in [0.1, 0.15) is 5.01 Å². The second-order valence-corrected chi connectivity index (χ2v) is 5.99. The monoisotopic (exact) mass is 239 g/mol. The molecule has 2 atom stereocenters. The Hall–Kier alpha value is -0.450. The summed E-state index contributed by atoms with van der Waals surface area (Å²) < 4.78 is 0. The Labute approximate surface area is 101 Å². The van der Waals surface area contributed by atoms with Gasteiger partial charge in [0, 0.05) is 5.38 Å². The summed E-state index contributed by atoms with van der Waals surface area (Å²) in [5.74, 6) is 0.943. The fourth-order valence-corrected chi connectivity index (χ4v) is 3.36. The van der Waals surface area contributed by atoms with Crippen LogP contribution in [0.4, 0.5) is 0 Å². The third-order valence-electron chi connectivity index (χ3n) is 3.56. The highest BCUT2D eigenvalue weighted by atomic mass is 32.1. The highest BCUT2D eigenvalue weighted by molar-refractivity contribution is 7.09. The number of hydrogen-bond acceptors (Lipinski definition) is 4. The Morgan fingerprint density at radius 2 is 2.38 bits per heavy atom. The van der Waals surface area contributed by atoms with Crippen molar-refractivity contribution in [2.75, 3.05) is 13.1 Å². The van der Waals surface area contributed by atoms with Gasteiger partial charge in [0.05, 0.1) is 11.2 Å². The van der Waals surface area contributed by atoms with Crippen LogP contribution in [0.25, 0.3) is 0 Å². The zero-order chi connectivity index (χ0) is 11.8. The van der Waals surface area contributed by atoms with E-state index in [2.05, 4.69) is 31.5 Å². The van der Waals surface area contributed by atoms with Gasteiger partial charge in [-0.25, -0.2) is 4.98 Å². The van der Waals surface area contributed by atoms with Crippen LogP contribution >= 0.6 is 11.3 Å². The number of thiazole rings is 1. The summed E-state index contributed by atoms with van der Waals surface area (Å²) in [5, 5.41) is 6.66. The maximum Gasteiger partial charge on any atom is 0.113 e. The topological polar surface area (TPSA) is 50.9 Å². The average molecular weight is 239 g/mol. The SMILES string of the molecule is CC(C)c1csc(C2(N)CCNCC2C)n1. The molecular weight excluding hydrogens is 218 g/mol. The fraction of sp³-hybridized carbons (Fsp3) is 0.750. The number of nitrogens with one attached hydrogen (secondary N) is 1. The van der Waals surface area contributed by atoms with E-state index in [-0.39, 0.29) is 5.54 Å². The van der Waals surface area contributed by atoms with Crippen LogP contribution in [-0.4, -0.2) is 18.1 Å².